The second-order valence-electron chi connectivity index (χ2n) is 3.25. The van der Waals surface area contributed by atoms with Crippen molar-refractivity contribution in [2.24, 2.45) is 0 Å². The van der Waals surface area contributed by atoms with Gasteiger partial charge >= 0.3 is 6.18 Å². The first-order valence-electron chi connectivity index (χ1n) is 4.22. The monoisotopic (exact) mass is 221 g/mol. The van der Waals surface area contributed by atoms with Gasteiger partial charge in [0, 0.05) is 12.3 Å². The van der Waals surface area contributed by atoms with Gasteiger partial charge in [0.2, 0.25) is 0 Å². The van der Waals surface area contributed by atoms with Crippen molar-refractivity contribution in [2.45, 2.75) is 25.7 Å². The maximum Gasteiger partial charge on any atom is 0.416 e. The summed E-state index contributed by atoms with van der Waals surface area (Å²) < 4.78 is 36.8. The van der Waals surface area contributed by atoms with Crippen LogP contribution in [0.3, 0.4) is 0 Å². The summed E-state index contributed by atoms with van der Waals surface area (Å²) in [6, 6.07) is 2.66. The molecule has 6 heteroatoms. The lowest BCUT2D eigenvalue weighted by atomic mass is 10.3. The average Bonchev–Trinajstić information content (AvgIpc) is 2.09. The van der Waals surface area contributed by atoms with E-state index in [1.165, 1.54) is 18.3 Å². The molecule has 1 rings (SSSR count). The molecular formula is C9H10F3NO2. The minimum Gasteiger partial charge on any atom is -0.382 e. The van der Waals surface area contributed by atoms with Crippen molar-refractivity contribution in [3.63, 3.8) is 0 Å². The number of hydrogen-bond acceptors (Lipinski definition) is 2. The second kappa shape index (κ2) is 4.06. The minimum absolute atomic E-state index is 0.566. The number of aromatic nitrogens is 1. The maximum atomic E-state index is 12.0. The third-order valence-electron chi connectivity index (χ3n) is 1.88. The van der Waals surface area contributed by atoms with E-state index >= 15 is 0 Å². The van der Waals surface area contributed by atoms with E-state index in [-0.39, 0.29) is 0 Å². The molecule has 0 bridgehead atoms. The maximum absolute atomic E-state index is 12.0. The van der Waals surface area contributed by atoms with E-state index in [1.54, 1.807) is 6.92 Å². The number of aliphatic hydroxyl groups is 1. The fourth-order valence-electron chi connectivity index (χ4n) is 1.08. The van der Waals surface area contributed by atoms with Gasteiger partial charge in [-0.25, -0.2) is 0 Å². The van der Waals surface area contributed by atoms with Gasteiger partial charge in [0.1, 0.15) is 0 Å². The third kappa shape index (κ3) is 3.09. The highest BCUT2D eigenvalue weighted by Crippen LogP contribution is 2.20. The van der Waals surface area contributed by atoms with Gasteiger partial charge in [-0.1, -0.05) is 6.07 Å². The average molecular weight is 221 g/mol. The summed E-state index contributed by atoms with van der Waals surface area (Å²) in [7, 11) is 0. The Balaban J connectivity index is 2.90. The summed E-state index contributed by atoms with van der Waals surface area (Å²) in [5.74, 6) is 0. The quantitative estimate of drug-likeness (QED) is 0.812. The SMILES string of the molecule is Cc1ccc(=O)n(C[C@@H](O)C(F)(F)F)c1. The van der Waals surface area contributed by atoms with Gasteiger partial charge < -0.3 is 9.67 Å². The fraction of sp³-hybridized carbons (Fsp3) is 0.444. The minimum atomic E-state index is -4.71. The molecule has 0 saturated heterocycles. The van der Waals surface area contributed by atoms with Gasteiger partial charge in [0.25, 0.3) is 5.56 Å². The number of nitrogens with zero attached hydrogens (tertiary/aromatic N) is 1. The van der Waals surface area contributed by atoms with Crippen molar-refractivity contribution >= 4 is 0 Å². The van der Waals surface area contributed by atoms with Crippen LogP contribution in [0.25, 0.3) is 0 Å². The zero-order valence-electron chi connectivity index (χ0n) is 7.95. The molecule has 0 fully saturated rings. The van der Waals surface area contributed by atoms with Crippen LogP contribution < -0.4 is 5.56 Å². The lowest BCUT2D eigenvalue weighted by Crippen LogP contribution is -2.36. The number of rotatable bonds is 2. The highest BCUT2D eigenvalue weighted by Gasteiger charge is 2.38. The Morgan fingerprint density at radius 2 is 2.07 bits per heavy atom. The predicted octanol–water partition coefficient (Wildman–Crippen LogP) is 1.08. The number of aryl methyl sites for hydroxylation is 1. The van der Waals surface area contributed by atoms with Crippen LogP contribution in [0.4, 0.5) is 13.2 Å². The first kappa shape index (κ1) is 11.8. The molecular weight excluding hydrogens is 211 g/mol. The second-order valence-corrected chi connectivity index (χ2v) is 3.25. The molecule has 1 atom stereocenters. The van der Waals surface area contributed by atoms with Gasteiger partial charge in [0.05, 0.1) is 6.54 Å². The molecule has 1 aromatic rings. The van der Waals surface area contributed by atoms with Crippen LogP contribution in [0.15, 0.2) is 23.1 Å². The predicted molar refractivity (Wildman–Crippen MR) is 47.5 cm³/mol. The van der Waals surface area contributed by atoms with Crippen molar-refractivity contribution in [1.29, 1.82) is 0 Å². The molecule has 3 nitrogen and oxygen atoms in total. The first-order valence-corrected chi connectivity index (χ1v) is 4.22. The Hall–Kier alpha value is -1.30. The molecule has 0 unspecified atom stereocenters. The number of aliphatic hydroxyl groups excluding tert-OH is 1. The summed E-state index contributed by atoms with van der Waals surface area (Å²) in [6.07, 6.45) is -5.95. The highest BCUT2D eigenvalue weighted by molar-refractivity contribution is 5.07. The molecule has 0 saturated carbocycles. The van der Waals surface area contributed by atoms with Gasteiger partial charge in [-0.2, -0.15) is 13.2 Å². The smallest absolute Gasteiger partial charge is 0.382 e. The Bertz CT molecular complexity index is 397. The van der Waals surface area contributed by atoms with Crippen LogP contribution in [0.1, 0.15) is 5.56 Å². The fourth-order valence-corrected chi connectivity index (χ4v) is 1.08. The third-order valence-corrected chi connectivity index (χ3v) is 1.88. The molecule has 1 N–H and O–H groups in total. The molecule has 0 radical (unpaired) electrons. The summed E-state index contributed by atoms with van der Waals surface area (Å²) in [5.41, 5.74) is 0.0906. The van der Waals surface area contributed by atoms with Crippen LogP contribution in [0.5, 0.6) is 0 Å². The first-order chi connectivity index (χ1) is 6.80. The number of pyridine rings is 1. The van der Waals surface area contributed by atoms with Crippen LogP contribution in [-0.4, -0.2) is 22.0 Å². The van der Waals surface area contributed by atoms with Crippen molar-refractivity contribution in [3.8, 4) is 0 Å². The van der Waals surface area contributed by atoms with E-state index in [4.69, 9.17) is 5.11 Å². The molecule has 0 aromatic carbocycles. The van der Waals surface area contributed by atoms with Crippen molar-refractivity contribution < 1.29 is 18.3 Å². The Morgan fingerprint density at radius 1 is 1.47 bits per heavy atom. The largest absolute Gasteiger partial charge is 0.416 e. The molecule has 0 aliphatic rings. The Kier molecular flexibility index (Phi) is 3.18. The van der Waals surface area contributed by atoms with E-state index in [9.17, 15) is 18.0 Å². The van der Waals surface area contributed by atoms with E-state index in [1.807, 2.05) is 0 Å². The standard InChI is InChI=1S/C9H10F3NO2/c1-6-2-3-8(15)13(4-6)5-7(14)9(10,11)12/h2-4,7,14H,5H2,1H3/t7-/m1/s1. The molecule has 84 valence electrons. The summed E-state index contributed by atoms with van der Waals surface area (Å²) in [4.78, 5) is 11.1. The van der Waals surface area contributed by atoms with E-state index in [0.29, 0.717) is 5.56 Å². The van der Waals surface area contributed by atoms with Crippen LogP contribution in [-0.2, 0) is 6.54 Å². The van der Waals surface area contributed by atoms with Crippen LogP contribution in [0.2, 0.25) is 0 Å². The van der Waals surface area contributed by atoms with E-state index in [0.717, 1.165) is 4.57 Å². The molecule has 1 heterocycles. The van der Waals surface area contributed by atoms with Crippen LogP contribution >= 0.6 is 0 Å². The van der Waals surface area contributed by atoms with Crippen molar-refractivity contribution in [3.05, 3.63) is 34.2 Å². The zero-order valence-corrected chi connectivity index (χ0v) is 7.95. The summed E-state index contributed by atoms with van der Waals surface area (Å²) in [6.45, 7) is 0.875. The van der Waals surface area contributed by atoms with Gasteiger partial charge in [0.15, 0.2) is 6.10 Å². The molecule has 0 aliphatic heterocycles. The number of halogens is 3. The van der Waals surface area contributed by atoms with Crippen molar-refractivity contribution in [1.82, 2.24) is 4.57 Å². The molecule has 0 amide bonds. The van der Waals surface area contributed by atoms with E-state index < -0.39 is 24.4 Å². The molecule has 15 heavy (non-hydrogen) atoms. The lowest BCUT2D eigenvalue weighted by molar-refractivity contribution is -0.207. The topological polar surface area (TPSA) is 42.2 Å². The Morgan fingerprint density at radius 3 is 2.60 bits per heavy atom. The van der Waals surface area contributed by atoms with Gasteiger partial charge in [-0.15, -0.1) is 0 Å². The molecule has 0 spiro atoms. The number of alkyl halides is 3. The highest BCUT2D eigenvalue weighted by atomic mass is 19.4. The Labute approximate surface area is 83.8 Å². The van der Waals surface area contributed by atoms with E-state index in [2.05, 4.69) is 0 Å². The van der Waals surface area contributed by atoms with Gasteiger partial charge in [-0.05, 0) is 12.5 Å². The normalized spacial score (nSPS) is 13.9. The zero-order chi connectivity index (χ0) is 11.6. The molecule has 1 aromatic heterocycles. The summed E-state index contributed by atoms with van der Waals surface area (Å²) in [5, 5.41) is 8.77. The van der Waals surface area contributed by atoms with Crippen LogP contribution in [0, 0.1) is 6.92 Å². The lowest BCUT2D eigenvalue weighted by Gasteiger charge is -2.15. The summed E-state index contributed by atoms with van der Waals surface area (Å²) >= 11 is 0. The van der Waals surface area contributed by atoms with Crippen molar-refractivity contribution in [2.75, 3.05) is 0 Å². The number of hydrogen-bond donors (Lipinski definition) is 1. The molecule has 0 aliphatic carbocycles. The van der Waals surface area contributed by atoms with Gasteiger partial charge in [-0.3, -0.25) is 4.79 Å².